The molecule has 2 rings (SSSR count). The van der Waals surface area contributed by atoms with Crippen LogP contribution in [-0.4, -0.2) is 35.2 Å². The van der Waals surface area contributed by atoms with Gasteiger partial charge in [-0.2, -0.15) is 0 Å². The maximum Gasteiger partial charge on any atom is 0.0700 e. The molecular formula is C13H25NO. The lowest BCUT2D eigenvalue weighted by molar-refractivity contribution is -0.0650. The second kappa shape index (κ2) is 4.84. The molecule has 0 spiro atoms. The summed E-state index contributed by atoms with van der Waals surface area (Å²) in [5.41, 5.74) is -0.305. The minimum atomic E-state index is -0.305. The number of aliphatic hydroxyl groups is 1. The third-order valence-electron chi connectivity index (χ3n) is 4.38. The molecule has 0 amide bonds. The van der Waals surface area contributed by atoms with E-state index in [1.165, 1.54) is 38.6 Å². The van der Waals surface area contributed by atoms with Gasteiger partial charge >= 0.3 is 0 Å². The number of hydrogen-bond acceptors (Lipinski definition) is 2. The highest BCUT2D eigenvalue weighted by atomic mass is 16.3. The fourth-order valence-corrected chi connectivity index (χ4v) is 3.35. The van der Waals surface area contributed by atoms with Gasteiger partial charge in [-0.05, 0) is 44.6 Å². The summed E-state index contributed by atoms with van der Waals surface area (Å²) in [6.45, 7) is 5.67. The van der Waals surface area contributed by atoms with E-state index in [2.05, 4.69) is 11.8 Å². The highest BCUT2D eigenvalue weighted by Crippen LogP contribution is 2.39. The van der Waals surface area contributed by atoms with E-state index >= 15 is 0 Å². The maximum absolute atomic E-state index is 10.6. The van der Waals surface area contributed by atoms with Gasteiger partial charge in [0.15, 0.2) is 0 Å². The van der Waals surface area contributed by atoms with Crippen molar-refractivity contribution in [1.29, 1.82) is 0 Å². The Morgan fingerprint density at radius 1 is 1.20 bits per heavy atom. The Morgan fingerprint density at radius 2 is 1.80 bits per heavy atom. The Balaban J connectivity index is 1.84. The van der Waals surface area contributed by atoms with Gasteiger partial charge in [0.2, 0.25) is 0 Å². The number of likely N-dealkylation sites (tertiary alicyclic amines) is 1. The zero-order valence-electron chi connectivity index (χ0n) is 10.0. The first-order valence-corrected chi connectivity index (χ1v) is 6.69. The van der Waals surface area contributed by atoms with Crippen molar-refractivity contribution < 1.29 is 5.11 Å². The van der Waals surface area contributed by atoms with E-state index in [1.54, 1.807) is 0 Å². The smallest absolute Gasteiger partial charge is 0.0700 e. The predicted octanol–water partition coefficient (Wildman–Crippen LogP) is 2.41. The average Bonchev–Trinajstić information content (AvgIpc) is 2.76. The Morgan fingerprint density at radius 3 is 2.33 bits per heavy atom. The molecule has 1 aliphatic heterocycles. The third kappa shape index (κ3) is 2.54. The first kappa shape index (κ1) is 11.4. The van der Waals surface area contributed by atoms with Gasteiger partial charge in [0.05, 0.1) is 5.60 Å². The van der Waals surface area contributed by atoms with E-state index in [1.807, 2.05) is 0 Å². The summed E-state index contributed by atoms with van der Waals surface area (Å²) in [5, 5.41) is 10.6. The minimum Gasteiger partial charge on any atom is -0.390 e. The third-order valence-corrected chi connectivity index (χ3v) is 4.38. The van der Waals surface area contributed by atoms with Crippen molar-refractivity contribution in [2.24, 2.45) is 5.92 Å². The summed E-state index contributed by atoms with van der Waals surface area (Å²) in [6.07, 6.45) is 8.48. The molecule has 2 fully saturated rings. The topological polar surface area (TPSA) is 23.5 Å². The molecule has 0 bridgehead atoms. The molecule has 15 heavy (non-hydrogen) atoms. The minimum absolute atomic E-state index is 0.305. The van der Waals surface area contributed by atoms with E-state index in [0.29, 0.717) is 5.92 Å². The van der Waals surface area contributed by atoms with Crippen LogP contribution in [0.4, 0.5) is 0 Å². The van der Waals surface area contributed by atoms with Crippen molar-refractivity contribution in [1.82, 2.24) is 4.90 Å². The largest absolute Gasteiger partial charge is 0.390 e. The number of nitrogens with zero attached hydrogens (tertiary/aromatic N) is 1. The summed E-state index contributed by atoms with van der Waals surface area (Å²) in [6, 6.07) is 0. The zero-order chi connectivity index (χ0) is 10.7. The van der Waals surface area contributed by atoms with Gasteiger partial charge in [-0.3, -0.25) is 0 Å². The van der Waals surface area contributed by atoms with Gasteiger partial charge in [0.1, 0.15) is 0 Å². The summed E-state index contributed by atoms with van der Waals surface area (Å²) >= 11 is 0. The van der Waals surface area contributed by atoms with Gasteiger partial charge in [-0.15, -0.1) is 0 Å². The van der Waals surface area contributed by atoms with Crippen molar-refractivity contribution in [3.05, 3.63) is 0 Å². The van der Waals surface area contributed by atoms with E-state index < -0.39 is 0 Å². The predicted molar refractivity (Wildman–Crippen MR) is 62.9 cm³/mol. The van der Waals surface area contributed by atoms with Crippen LogP contribution in [0.2, 0.25) is 0 Å². The van der Waals surface area contributed by atoms with Gasteiger partial charge in [-0.1, -0.05) is 19.8 Å². The second-order valence-corrected chi connectivity index (χ2v) is 5.43. The van der Waals surface area contributed by atoms with Crippen LogP contribution in [0.3, 0.4) is 0 Å². The molecule has 1 saturated carbocycles. The van der Waals surface area contributed by atoms with Crippen molar-refractivity contribution >= 4 is 0 Å². The van der Waals surface area contributed by atoms with Crippen LogP contribution in [0.5, 0.6) is 0 Å². The molecule has 0 radical (unpaired) electrons. The molecule has 0 aromatic rings. The molecule has 0 aromatic heterocycles. The van der Waals surface area contributed by atoms with Crippen LogP contribution < -0.4 is 0 Å². The Labute approximate surface area is 93.7 Å². The van der Waals surface area contributed by atoms with E-state index in [9.17, 15) is 5.11 Å². The molecule has 2 nitrogen and oxygen atoms in total. The van der Waals surface area contributed by atoms with E-state index in [-0.39, 0.29) is 5.60 Å². The average molecular weight is 211 g/mol. The lowest BCUT2D eigenvalue weighted by Gasteiger charge is -2.41. The molecular weight excluding hydrogens is 186 g/mol. The molecule has 1 N–H and O–H groups in total. The quantitative estimate of drug-likeness (QED) is 0.775. The van der Waals surface area contributed by atoms with Crippen LogP contribution >= 0.6 is 0 Å². The fourth-order valence-electron chi connectivity index (χ4n) is 3.35. The molecule has 88 valence electrons. The lowest BCUT2D eigenvalue weighted by Crippen LogP contribution is -2.48. The standard InChI is InChI=1S/C13H25NO/c1-2-9-14-10-7-13(15,8-11-14)12-5-3-4-6-12/h12,15H,2-11H2,1H3. The zero-order valence-corrected chi connectivity index (χ0v) is 10.0. The van der Waals surface area contributed by atoms with Crippen LogP contribution in [-0.2, 0) is 0 Å². The molecule has 2 heteroatoms. The lowest BCUT2D eigenvalue weighted by atomic mass is 9.78. The molecule has 1 heterocycles. The Bertz CT molecular complexity index is 191. The van der Waals surface area contributed by atoms with Crippen molar-refractivity contribution in [3.8, 4) is 0 Å². The summed E-state index contributed by atoms with van der Waals surface area (Å²) < 4.78 is 0. The molecule has 1 saturated heterocycles. The number of hydrogen-bond donors (Lipinski definition) is 1. The highest BCUT2D eigenvalue weighted by Gasteiger charge is 2.40. The van der Waals surface area contributed by atoms with Gasteiger partial charge in [-0.25, -0.2) is 0 Å². The number of rotatable bonds is 3. The normalized spacial score (nSPS) is 28.4. The van der Waals surface area contributed by atoms with Crippen LogP contribution in [0, 0.1) is 5.92 Å². The van der Waals surface area contributed by atoms with E-state index in [4.69, 9.17) is 0 Å². The van der Waals surface area contributed by atoms with Crippen LogP contribution in [0.15, 0.2) is 0 Å². The first-order valence-electron chi connectivity index (χ1n) is 6.69. The summed E-state index contributed by atoms with van der Waals surface area (Å²) in [5.74, 6) is 0.612. The van der Waals surface area contributed by atoms with Crippen LogP contribution in [0.1, 0.15) is 51.9 Å². The fraction of sp³-hybridized carbons (Fsp3) is 1.00. The molecule has 0 unspecified atom stereocenters. The monoisotopic (exact) mass is 211 g/mol. The second-order valence-electron chi connectivity index (χ2n) is 5.43. The van der Waals surface area contributed by atoms with Crippen LogP contribution in [0.25, 0.3) is 0 Å². The SMILES string of the molecule is CCCN1CCC(O)(C2CCCC2)CC1. The van der Waals surface area contributed by atoms with Crippen molar-refractivity contribution in [2.45, 2.75) is 57.5 Å². The number of piperidine rings is 1. The van der Waals surface area contributed by atoms with Crippen molar-refractivity contribution in [2.75, 3.05) is 19.6 Å². The first-order chi connectivity index (χ1) is 7.24. The molecule has 0 atom stereocenters. The van der Waals surface area contributed by atoms with E-state index in [0.717, 1.165) is 25.9 Å². The molecule has 0 aromatic carbocycles. The highest BCUT2D eigenvalue weighted by molar-refractivity contribution is 4.93. The van der Waals surface area contributed by atoms with Crippen molar-refractivity contribution in [3.63, 3.8) is 0 Å². The molecule has 1 aliphatic carbocycles. The summed E-state index contributed by atoms with van der Waals surface area (Å²) in [4.78, 5) is 2.50. The molecule has 2 aliphatic rings. The van der Waals surface area contributed by atoms with Gasteiger partial charge < -0.3 is 10.0 Å². The maximum atomic E-state index is 10.6. The van der Waals surface area contributed by atoms with Gasteiger partial charge in [0, 0.05) is 13.1 Å². The Hall–Kier alpha value is -0.0800. The summed E-state index contributed by atoms with van der Waals surface area (Å²) in [7, 11) is 0. The Kier molecular flexibility index (Phi) is 3.68. The van der Waals surface area contributed by atoms with Gasteiger partial charge in [0.25, 0.3) is 0 Å².